The number of carbonyl (C=O) groups is 5. The number of nitrogens with one attached hydrogen (secondary N) is 9. The van der Waals surface area contributed by atoms with Crippen LogP contribution < -0.4 is 47.9 Å². The molecule has 1 aromatic rings. The highest BCUT2D eigenvalue weighted by molar-refractivity contribution is 5.77. The summed E-state index contributed by atoms with van der Waals surface area (Å²) in [5.41, 5.74) is 0.0861. The minimum absolute atomic E-state index is 0.00134. The molecule has 0 saturated carbocycles. The maximum absolute atomic E-state index is 12.6. The zero-order valence-electron chi connectivity index (χ0n) is 30.0. The molecular formula is C33H59N9O6. The third kappa shape index (κ3) is 19.9. The van der Waals surface area contributed by atoms with Crippen LogP contribution in [0.5, 0.6) is 0 Å². The number of carbonyl (C=O) groups excluding carboxylic acids is 5. The standard InChI is InChI=1S/C33H59N9O6/c1-21(2)15-26(40-31(46)38-23(5)6)17-35-28(43)39-24(7)16-34-29(44)41-27(22(3)4)18-36-30(45)42-33(8,9)20-37-32(47)48-19-25-13-11-10-12-14-25/h10-14,21-24,26-27H,15-20H2,1-9H3,(H,37,47)(H2,34,41,44)(H2,35,39,43)(H2,36,42,45)(H2,38,40,46)/t24-,26-,27+/m0/s1. The Kier molecular flexibility index (Phi) is 18.6. The van der Waals surface area contributed by atoms with Gasteiger partial charge in [0.1, 0.15) is 6.61 Å². The van der Waals surface area contributed by atoms with Gasteiger partial charge in [0.15, 0.2) is 0 Å². The minimum Gasteiger partial charge on any atom is -0.445 e. The summed E-state index contributed by atoms with van der Waals surface area (Å²) >= 11 is 0. The first-order valence-electron chi connectivity index (χ1n) is 16.6. The highest BCUT2D eigenvalue weighted by Gasteiger charge is 2.24. The summed E-state index contributed by atoms with van der Waals surface area (Å²) < 4.78 is 5.21. The van der Waals surface area contributed by atoms with Crippen LogP contribution in [0, 0.1) is 11.8 Å². The number of amides is 9. The normalized spacial score (nSPS) is 13.1. The van der Waals surface area contributed by atoms with Crippen molar-refractivity contribution in [3.8, 4) is 0 Å². The van der Waals surface area contributed by atoms with Crippen molar-refractivity contribution >= 4 is 30.2 Å². The van der Waals surface area contributed by atoms with E-state index in [1.165, 1.54) is 0 Å². The second kappa shape index (κ2) is 21.4. The van der Waals surface area contributed by atoms with E-state index in [1.807, 2.05) is 71.9 Å². The summed E-state index contributed by atoms with van der Waals surface area (Å²) in [6.07, 6.45) is 0.0994. The molecular weight excluding hydrogens is 618 g/mol. The number of rotatable bonds is 18. The van der Waals surface area contributed by atoms with Gasteiger partial charge in [0.2, 0.25) is 0 Å². The topological polar surface area (TPSA) is 203 Å². The van der Waals surface area contributed by atoms with Crippen LogP contribution in [-0.4, -0.2) is 86.1 Å². The molecule has 3 atom stereocenters. The van der Waals surface area contributed by atoms with Gasteiger partial charge in [-0.15, -0.1) is 0 Å². The van der Waals surface area contributed by atoms with Crippen LogP contribution >= 0.6 is 0 Å². The molecule has 0 saturated heterocycles. The number of hydrogen-bond donors (Lipinski definition) is 9. The fourth-order valence-electron chi connectivity index (χ4n) is 4.38. The predicted octanol–water partition coefficient (Wildman–Crippen LogP) is 3.12. The van der Waals surface area contributed by atoms with Gasteiger partial charge < -0.3 is 52.6 Å². The molecule has 1 rings (SSSR count). The first-order chi connectivity index (χ1) is 22.5. The summed E-state index contributed by atoms with van der Waals surface area (Å²) in [5.74, 6) is 0.318. The molecule has 9 N–H and O–H groups in total. The molecule has 0 radical (unpaired) electrons. The molecule has 0 bridgehead atoms. The molecule has 0 fully saturated rings. The lowest BCUT2D eigenvalue weighted by molar-refractivity contribution is 0.136. The highest BCUT2D eigenvalue weighted by atomic mass is 16.5. The van der Waals surface area contributed by atoms with Crippen molar-refractivity contribution in [3.63, 3.8) is 0 Å². The van der Waals surface area contributed by atoms with Crippen molar-refractivity contribution in [2.75, 3.05) is 26.2 Å². The molecule has 1 aromatic carbocycles. The molecule has 48 heavy (non-hydrogen) atoms. The van der Waals surface area contributed by atoms with Crippen molar-refractivity contribution in [2.45, 2.75) is 105 Å². The second-order valence-electron chi connectivity index (χ2n) is 13.7. The number of benzene rings is 1. The zero-order chi connectivity index (χ0) is 36.3. The molecule has 9 amide bonds. The van der Waals surface area contributed by atoms with Gasteiger partial charge in [-0.05, 0) is 58.4 Å². The maximum Gasteiger partial charge on any atom is 0.407 e. The van der Waals surface area contributed by atoms with Crippen molar-refractivity contribution in [3.05, 3.63) is 35.9 Å². The second-order valence-corrected chi connectivity index (χ2v) is 13.7. The highest BCUT2D eigenvalue weighted by Crippen LogP contribution is 2.05. The van der Waals surface area contributed by atoms with E-state index >= 15 is 0 Å². The van der Waals surface area contributed by atoms with Crippen LogP contribution in [-0.2, 0) is 11.3 Å². The van der Waals surface area contributed by atoms with Crippen molar-refractivity contribution in [2.24, 2.45) is 11.8 Å². The van der Waals surface area contributed by atoms with E-state index in [2.05, 4.69) is 47.9 Å². The Morgan fingerprint density at radius 2 is 1.29 bits per heavy atom. The molecule has 0 unspecified atom stereocenters. The SMILES string of the molecule is CC(C)C[C@@H](CNC(=O)N[C@@H](C)CNC(=O)N[C@H](CNC(=O)NC(C)(C)CNC(=O)OCc1ccccc1)C(C)C)NC(=O)NC(C)C. The number of urea groups is 4. The van der Waals surface area contributed by atoms with E-state index in [0.717, 1.165) is 5.56 Å². The summed E-state index contributed by atoms with van der Waals surface area (Å²) in [6, 6.07) is 6.70. The molecule has 0 aliphatic carbocycles. The third-order valence-electron chi connectivity index (χ3n) is 6.91. The first-order valence-corrected chi connectivity index (χ1v) is 16.6. The average molecular weight is 678 g/mol. The van der Waals surface area contributed by atoms with Crippen LogP contribution in [0.2, 0.25) is 0 Å². The van der Waals surface area contributed by atoms with Crippen LogP contribution in [0.1, 0.15) is 74.3 Å². The minimum atomic E-state index is -0.780. The molecule has 0 aliphatic heterocycles. The van der Waals surface area contributed by atoms with Gasteiger partial charge in [0.05, 0.1) is 11.6 Å². The Balaban J connectivity index is 2.42. The summed E-state index contributed by atoms with van der Waals surface area (Å²) in [6.45, 7) is 17.8. The molecule has 0 aromatic heterocycles. The van der Waals surface area contributed by atoms with E-state index in [-0.39, 0.29) is 68.9 Å². The van der Waals surface area contributed by atoms with E-state index in [1.54, 1.807) is 20.8 Å². The number of alkyl carbamates (subject to hydrolysis) is 1. The average Bonchev–Trinajstić information content (AvgIpc) is 2.98. The van der Waals surface area contributed by atoms with E-state index in [4.69, 9.17) is 4.74 Å². The van der Waals surface area contributed by atoms with E-state index in [9.17, 15) is 24.0 Å². The van der Waals surface area contributed by atoms with Gasteiger partial charge in [-0.25, -0.2) is 24.0 Å². The lowest BCUT2D eigenvalue weighted by Crippen LogP contribution is -2.57. The molecule has 15 heteroatoms. The first kappa shape index (κ1) is 41.6. The maximum atomic E-state index is 12.6. The van der Waals surface area contributed by atoms with Crippen molar-refractivity contribution in [1.82, 2.24) is 47.9 Å². The summed E-state index contributed by atoms with van der Waals surface area (Å²) in [4.78, 5) is 61.9. The Morgan fingerprint density at radius 1 is 0.688 bits per heavy atom. The zero-order valence-corrected chi connectivity index (χ0v) is 30.0. The number of hydrogen-bond acceptors (Lipinski definition) is 6. The molecule has 0 aliphatic rings. The smallest absolute Gasteiger partial charge is 0.407 e. The Bertz CT molecular complexity index is 1150. The monoisotopic (exact) mass is 677 g/mol. The Hall–Kier alpha value is -4.43. The Labute approximate surface area is 285 Å². The molecule has 272 valence electrons. The molecule has 0 heterocycles. The fourth-order valence-corrected chi connectivity index (χ4v) is 4.38. The quantitative estimate of drug-likeness (QED) is 0.114. The van der Waals surface area contributed by atoms with Crippen LogP contribution in [0.4, 0.5) is 24.0 Å². The largest absolute Gasteiger partial charge is 0.445 e. The molecule has 0 spiro atoms. The van der Waals surface area contributed by atoms with Gasteiger partial charge in [-0.2, -0.15) is 0 Å². The fraction of sp³-hybridized carbons (Fsp3) is 0.667. The lowest BCUT2D eigenvalue weighted by atomic mass is 10.0. The van der Waals surface area contributed by atoms with Gasteiger partial charge in [-0.3, -0.25) is 0 Å². The third-order valence-corrected chi connectivity index (χ3v) is 6.91. The van der Waals surface area contributed by atoms with Crippen LogP contribution in [0.25, 0.3) is 0 Å². The van der Waals surface area contributed by atoms with Gasteiger partial charge >= 0.3 is 30.2 Å². The van der Waals surface area contributed by atoms with Crippen molar-refractivity contribution in [1.29, 1.82) is 0 Å². The summed E-state index contributed by atoms with van der Waals surface area (Å²) in [7, 11) is 0. The van der Waals surface area contributed by atoms with Gasteiger partial charge in [0, 0.05) is 44.3 Å². The van der Waals surface area contributed by atoms with Crippen LogP contribution in [0.3, 0.4) is 0 Å². The van der Waals surface area contributed by atoms with Gasteiger partial charge in [0.25, 0.3) is 0 Å². The van der Waals surface area contributed by atoms with E-state index in [0.29, 0.717) is 12.3 Å². The Morgan fingerprint density at radius 3 is 1.90 bits per heavy atom. The predicted molar refractivity (Wildman–Crippen MR) is 186 cm³/mol. The van der Waals surface area contributed by atoms with E-state index < -0.39 is 29.7 Å². The summed E-state index contributed by atoms with van der Waals surface area (Å²) in [5, 5.41) is 25.1. The lowest BCUT2D eigenvalue weighted by Gasteiger charge is -2.28. The molecule has 15 nitrogen and oxygen atoms in total. The van der Waals surface area contributed by atoms with Gasteiger partial charge in [-0.1, -0.05) is 58.0 Å². The number of ether oxygens (including phenoxy) is 1. The van der Waals surface area contributed by atoms with Crippen LogP contribution in [0.15, 0.2) is 30.3 Å². The van der Waals surface area contributed by atoms with Crippen molar-refractivity contribution < 1.29 is 28.7 Å².